The van der Waals surface area contributed by atoms with Gasteiger partial charge >= 0.3 is 0 Å². The summed E-state index contributed by atoms with van der Waals surface area (Å²) >= 11 is -1.94. The summed E-state index contributed by atoms with van der Waals surface area (Å²) < 4.78 is 42.4. The molecule has 1 aromatic carbocycles. The van der Waals surface area contributed by atoms with E-state index in [-0.39, 0.29) is 10.9 Å². The number of hydrogen-bond acceptors (Lipinski definition) is 6. The van der Waals surface area contributed by atoms with Gasteiger partial charge in [-0.2, -0.15) is 0 Å². The highest BCUT2D eigenvalue weighted by Gasteiger charge is 2.19. The van der Waals surface area contributed by atoms with Crippen molar-refractivity contribution in [3.63, 3.8) is 0 Å². The van der Waals surface area contributed by atoms with Gasteiger partial charge in [0.1, 0.15) is 35.0 Å². The lowest BCUT2D eigenvalue weighted by Gasteiger charge is -2.23. The van der Waals surface area contributed by atoms with Gasteiger partial charge < -0.3 is 9.45 Å². The fraction of sp³-hybridized carbons (Fsp3) is 0.261. The van der Waals surface area contributed by atoms with E-state index in [1.54, 1.807) is 19.2 Å². The molecule has 0 fully saturated rings. The second kappa shape index (κ2) is 9.94. The lowest BCUT2D eigenvalue weighted by molar-refractivity contribution is 0.550. The highest BCUT2D eigenvalue weighted by atomic mass is 32.2. The van der Waals surface area contributed by atoms with E-state index in [2.05, 4.69) is 45.4 Å². The number of halogens is 2. The quantitative estimate of drug-likeness (QED) is 0.460. The van der Waals surface area contributed by atoms with Crippen molar-refractivity contribution >= 4 is 22.9 Å². The summed E-state index contributed by atoms with van der Waals surface area (Å²) in [7, 11) is 1.94. The lowest BCUT2D eigenvalue weighted by atomic mass is 10.1. The van der Waals surface area contributed by atoms with Crippen LogP contribution in [0.3, 0.4) is 0 Å². The van der Waals surface area contributed by atoms with E-state index in [1.165, 1.54) is 6.33 Å². The molecule has 1 N–H and O–H groups in total. The van der Waals surface area contributed by atoms with Crippen molar-refractivity contribution in [2.45, 2.75) is 38.6 Å². The molecule has 0 amide bonds. The van der Waals surface area contributed by atoms with Gasteiger partial charge in [-0.1, -0.05) is 11.8 Å². The van der Waals surface area contributed by atoms with E-state index in [0.29, 0.717) is 28.6 Å². The van der Waals surface area contributed by atoms with Crippen LogP contribution in [0.5, 0.6) is 0 Å². The van der Waals surface area contributed by atoms with Crippen LogP contribution in [0.25, 0.3) is 0 Å². The van der Waals surface area contributed by atoms with Crippen LogP contribution in [0.4, 0.5) is 20.3 Å². The maximum atomic E-state index is 14.0. The number of aryl methyl sites for hydroxylation is 2. The molecule has 3 aromatic rings. The molecular weight excluding hydrogens is 432 g/mol. The van der Waals surface area contributed by atoms with Gasteiger partial charge in [-0.15, -0.1) is 0 Å². The summed E-state index contributed by atoms with van der Waals surface area (Å²) in [5.74, 6) is 5.28. The van der Waals surface area contributed by atoms with Gasteiger partial charge in [0, 0.05) is 37.0 Å². The maximum absolute atomic E-state index is 14.0. The molecule has 2 aromatic heterocycles. The van der Waals surface area contributed by atoms with Crippen molar-refractivity contribution in [1.29, 1.82) is 0 Å². The van der Waals surface area contributed by atoms with Gasteiger partial charge in [-0.3, -0.25) is 4.98 Å². The molecule has 166 valence electrons. The van der Waals surface area contributed by atoms with E-state index in [0.717, 1.165) is 23.6 Å². The summed E-state index contributed by atoms with van der Waals surface area (Å²) in [6.07, 6.45) is 3.11. The van der Waals surface area contributed by atoms with E-state index >= 15 is 0 Å². The van der Waals surface area contributed by atoms with Crippen molar-refractivity contribution in [3.8, 4) is 11.8 Å². The minimum Gasteiger partial charge on any atom is -0.588 e. The maximum Gasteiger partial charge on any atom is 0.215 e. The third-order valence-electron chi connectivity index (χ3n) is 4.84. The summed E-state index contributed by atoms with van der Waals surface area (Å²) in [6, 6.07) is 4.80. The summed E-state index contributed by atoms with van der Waals surface area (Å²) in [5.41, 5.74) is 3.01. The number of rotatable bonds is 5. The smallest absolute Gasteiger partial charge is 0.215 e. The molecule has 6 nitrogen and oxygen atoms in total. The standard InChI is InChI=1S/C23H23F2N5OS/c1-14(2)30(5)23-19(15(3)27-13-28-23)8-6-17-10-21(16(4)26-12-17)29-32(31)22-9-7-18(24)11-20(22)25/h7,9-14,29H,1-5H3. The third kappa shape index (κ3) is 5.33. The molecule has 1 unspecified atom stereocenters. The average Bonchev–Trinajstić information content (AvgIpc) is 2.74. The third-order valence-corrected chi connectivity index (χ3v) is 5.98. The van der Waals surface area contributed by atoms with Gasteiger partial charge in [0.25, 0.3) is 0 Å². The van der Waals surface area contributed by atoms with Crippen LogP contribution >= 0.6 is 0 Å². The normalized spacial score (nSPS) is 11.7. The van der Waals surface area contributed by atoms with Crippen LogP contribution in [0.15, 0.2) is 41.7 Å². The van der Waals surface area contributed by atoms with Crippen LogP contribution in [-0.2, 0) is 11.4 Å². The van der Waals surface area contributed by atoms with Crippen LogP contribution in [0.2, 0.25) is 0 Å². The summed E-state index contributed by atoms with van der Waals surface area (Å²) in [6.45, 7) is 7.70. The Morgan fingerprint density at radius 3 is 2.50 bits per heavy atom. The second-order valence-corrected chi connectivity index (χ2v) is 8.60. The van der Waals surface area contributed by atoms with Crippen molar-refractivity contribution in [1.82, 2.24) is 15.0 Å². The Morgan fingerprint density at radius 2 is 1.81 bits per heavy atom. The van der Waals surface area contributed by atoms with Gasteiger partial charge in [-0.05, 0) is 39.8 Å². The second-order valence-electron chi connectivity index (χ2n) is 7.41. The van der Waals surface area contributed by atoms with Crippen molar-refractivity contribution in [2.24, 2.45) is 0 Å². The molecule has 3 rings (SSSR count). The SMILES string of the molecule is Cc1ncc(C#Cc2c(C)ncnc2N(C)C(C)C)cc1N[S+]([O-])c1ccc(F)cc1F. The summed E-state index contributed by atoms with van der Waals surface area (Å²) in [5, 5.41) is 0. The molecule has 0 aliphatic rings. The molecule has 0 radical (unpaired) electrons. The Bertz CT molecular complexity index is 1190. The van der Waals surface area contributed by atoms with Crippen LogP contribution < -0.4 is 9.62 Å². The molecule has 2 heterocycles. The predicted octanol–water partition coefficient (Wildman–Crippen LogP) is 4.15. The van der Waals surface area contributed by atoms with Gasteiger partial charge in [0.05, 0.1) is 17.0 Å². The first-order valence-corrected chi connectivity index (χ1v) is 11.0. The molecule has 32 heavy (non-hydrogen) atoms. The fourth-order valence-electron chi connectivity index (χ4n) is 2.74. The highest BCUT2D eigenvalue weighted by molar-refractivity contribution is 7.92. The zero-order valence-electron chi connectivity index (χ0n) is 18.4. The Kier molecular flexibility index (Phi) is 7.28. The average molecular weight is 456 g/mol. The van der Waals surface area contributed by atoms with Crippen LogP contribution in [0, 0.1) is 37.3 Å². The monoisotopic (exact) mass is 455 g/mol. The van der Waals surface area contributed by atoms with E-state index in [1.807, 2.05) is 18.9 Å². The highest BCUT2D eigenvalue weighted by Crippen LogP contribution is 2.23. The number of nitrogens with zero attached hydrogens (tertiary/aromatic N) is 4. The number of pyridine rings is 1. The van der Waals surface area contributed by atoms with Gasteiger partial charge in [0.15, 0.2) is 5.82 Å². The Labute approximate surface area is 189 Å². The molecule has 1 atom stereocenters. The van der Waals surface area contributed by atoms with Crippen molar-refractivity contribution < 1.29 is 13.3 Å². The number of hydrogen-bond donors (Lipinski definition) is 1. The van der Waals surface area contributed by atoms with Crippen LogP contribution in [-0.4, -0.2) is 32.6 Å². The molecule has 9 heteroatoms. The Balaban J connectivity index is 1.91. The fourth-order valence-corrected chi connectivity index (χ4v) is 3.68. The molecule has 0 aliphatic carbocycles. The molecule has 0 spiro atoms. The molecule has 0 aliphatic heterocycles. The molecule has 0 bridgehead atoms. The van der Waals surface area contributed by atoms with E-state index < -0.39 is 23.0 Å². The first kappa shape index (κ1) is 23.4. The lowest BCUT2D eigenvalue weighted by Crippen LogP contribution is -2.27. The first-order valence-electron chi connectivity index (χ1n) is 9.84. The van der Waals surface area contributed by atoms with E-state index in [4.69, 9.17) is 0 Å². The molecule has 0 saturated heterocycles. The number of aromatic nitrogens is 3. The molecule has 0 saturated carbocycles. The number of nitrogens with one attached hydrogen (secondary N) is 1. The number of anilines is 2. The molecular formula is C23H23F2N5OS. The zero-order valence-corrected chi connectivity index (χ0v) is 19.2. The van der Waals surface area contributed by atoms with Crippen LogP contribution in [0.1, 0.15) is 36.4 Å². The first-order chi connectivity index (χ1) is 15.2. The predicted molar refractivity (Wildman–Crippen MR) is 122 cm³/mol. The minimum atomic E-state index is -1.94. The zero-order chi connectivity index (χ0) is 23.4. The van der Waals surface area contributed by atoms with Gasteiger partial charge in [-0.25, -0.2) is 23.5 Å². The van der Waals surface area contributed by atoms with Gasteiger partial charge in [0.2, 0.25) is 4.90 Å². The van der Waals surface area contributed by atoms with Crippen molar-refractivity contribution in [3.05, 3.63) is 70.9 Å². The number of benzene rings is 1. The summed E-state index contributed by atoms with van der Waals surface area (Å²) in [4.78, 5) is 14.8. The largest absolute Gasteiger partial charge is 0.588 e. The van der Waals surface area contributed by atoms with E-state index in [9.17, 15) is 13.3 Å². The minimum absolute atomic E-state index is 0.152. The van der Waals surface area contributed by atoms with Crippen molar-refractivity contribution in [2.75, 3.05) is 16.7 Å². The topological polar surface area (TPSA) is 77.0 Å². The Morgan fingerprint density at radius 1 is 1.06 bits per heavy atom. The Hall–Kier alpha value is -3.22.